The second-order valence-corrected chi connectivity index (χ2v) is 9.03. The number of fused-ring (bicyclic) bond motifs is 3. The van der Waals surface area contributed by atoms with Crippen molar-refractivity contribution in [3.8, 4) is 11.1 Å². The zero-order valence-electron chi connectivity index (χ0n) is 18.7. The van der Waals surface area contributed by atoms with Crippen LogP contribution in [0.4, 0.5) is 4.79 Å². The average Bonchev–Trinajstić information content (AvgIpc) is 3.43. The largest absolute Gasteiger partial charge is 0.479 e. The summed E-state index contributed by atoms with van der Waals surface area (Å²) in [5.41, 5.74) is 5.03. The summed E-state index contributed by atoms with van der Waals surface area (Å²) in [5.74, 6) is -1.16. The predicted molar refractivity (Wildman–Crippen MR) is 123 cm³/mol. The van der Waals surface area contributed by atoms with Gasteiger partial charge in [-0.3, -0.25) is 9.58 Å². The van der Waals surface area contributed by atoms with E-state index in [9.17, 15) is 14.7 Å². The van der Waals surface area contributed by atoms with E-state index in [0.29, 0.717) is 5.56 Å². The van der Waals surface area contributed by atoms with E-state index in [1.165, 1.54) is 11.1 Å². The molecular weight excluding hydrogens is 418 g/mol. The number of carboxylic acid groups (broad SMARTS) is 1. The van der Waals surface area contributed by atoms with Gasteiger partial charge in [0.15, 0.2) is 6.04 Å². The third-order valence-electron chi connectivity index (χ3n) is 6.47. The molecule has 3 aromatic rings. The smallest absolute Gasteiger partial charge is 0.411 e. The fourth-order valence-corrected chi connectivity index (χ4v) is 4.69. The summed E-state index contributed by atoms with van der Waals surface area (Å²) in [7, 11) is 0. The van der Waals surface area contributed by atoms with Crippen LogP contribution in [0.5, 0.6) is 0 Å². The lowest BCUT2D eigenvalue weighted by Gasteiger charge is -2.28. The number of aromatic nitrogens is 2. The van der Waals surface area contributed by atoms with Gasteiger partial charge in [0.1, 0.15) is 6.61 Å². The Bertz CT molecular complexity index is 1150. The lowest BCUT2D eigenvalue weighted by molar-refractivity contribution is -0.143. The van der Waals surface area contributed by atoms with Gasteiger partial charge in [-0.25, -0.2) is 9.59 Å². The van der Waals surface area contributed by atoms with Gasteiger partial charge in [-0.05, 0) is 48.9 Å². The monoisotopic (exact) mass is 445 g/mol. The molecule has 1 heterocycles. The minimum Gasteiger partial charge on any atom is -0.479 e. The van der Waals surface area contributed by atoms with Gasteiger partial charge in [0.25, 0.3) is 0 Å². The quantitative estimate of drug-likeness (QED) is 0.553. The highest BCUT2D eigenvalue weighted by atomic mass is 16.6. The predicted octanol–water partition coefficient (Wildman–Crippen LogP) is 5.00. The molecule has 2 aromatic carbocycles. The van der Waals surface area contributed by atoms with Crippen molar-refractivity contribution in [1.29, 1.82) is 0 Å². The standard InChI is InChI=1S/C26H27N3O4/c1-16(2)28-14-17(13-27-28)24(25(30)31)29(18-11-12-18)26(32)33-15-23-21-9-5-3-7-19(21)20-8-4-6-10-22(20)23/h3-10,13-14,16,18,23-24H,11-12,15H2,1-2H3,(H,30,31). The topological polar surface area (TPSA) is 84.7 Å². The normalized spacial score (nSPS) is 15.7. The molecule has 0 bridgehead atoms. The van der Waals surface area contributed by atoms with Gasteiger partial charge in [-0.2, -0.15) is 5.10 Å². The Hall–Kier alpha value is -3.61. The van der Waals surface area contributed by atoms with Crippen molar-refractivity contribution in [2.45, 2.75) is 50.7 Å². The van der Waals surface area contributed by atoms with Crippen molar-refractivity contribution in [2.24, 2.45) is 0 Å². The van der Waals surface area contributed by atoms with Crippen LogP contribution in [-0.2, 0) is 9.53 Å². The van der Waals surface area contributed by atoms with E-state index in [4.69, 9.17) is 4.74 Å². The van der Waals surface area contributed by atoms with Gasteiger partial charge in [0.2, 0.25) is 0 Å². The Morgan fingerprint density at radius 3 is 2.21 bits per heavy atom. The van der Waals surface area contributed by atoms with E-state index in [2.05, 4.69) is 29.4 Å². The summed E-state index contributed by atoms with van der Waals surface area (Å²) in [5, 5.41) is 14.3. The Kier molecular flexibility index (Phi) is 5.40. The van der Waals surface area contributed by atoms with Crippen LogP contribution in [0.2, 0.25) is 0 Å². The number of hydrogen-bond donors (Lipinski definition) is 1. The summed E-state index contributed by atoms with van der Waals surface area (Å²) in [6.07, 6.45) is 4.18. The van der Waals surface area contributed by atoms with Gasteiger partial charge in [-0.15, -0.1) is 0 Å². The van der Waals surface area contributed by atoms with E-state index >= 15 is 0 Å². The summed E-state index contributed by atoms with van der Waals surface area (Å²) in [6.45, 7) is 4.10. The van der Waals surface area contributed by atoms with Gasteiger partial charge in [0, 0.05) is 29.8 Å². The SMILES string of the molecule is CC(C)n1cc(C(C(=O)O)N(C(=O)OCC2c3ccccc3-c3ccccc32)C2CC2)cn1. The molecule has 7 heteroatoms. The first-order valence-corrected chi connectivity index (χ1v) is 11.4. The van der Waals surface area contributed by atoms with E-state index in [-0.39, 0.29) is 24.6 Å². The minimum atomic E-state index is -1.12. The molecule has 1 atom stereocenters. The Morgan fingerprint density at radius 1 is 1.09 bits per heavy atom. The van der Waals surface area contributed by atoms with Crippen molar-refractivity contribution >= 4 is 12.1 Å². The number of carboxylic acids is 1. The molecule has 0 radical (unpaired) electrons. The van der Waals surface area contributed by atoms with Crippen molar-refractivity contribution in [3.63, 3.8) is 0 Å². The second kappa shape index (κ2) is 8.39. The first kappa shape index (κ1) is 21.2. The molecule has 5 rings (SSSR count). The van der Waals surface area contributed by atoms with Crippen LogP contribution in [0.15, 0.2) is 60.9 Å². The van der Waals surface area contributed by atoms with Crippen LogP contribution < -0.4 is 0 Å². The highest BCUT2D eigenvalue weighted by Crippen LogP contribution is 2.45. The number of nitrogens with zero attached hydrogens (tertiary/aromatic N) is 3. The third-order valence-corrected chi connectivity index (χ3v) is 6.47. The Balaban J connectivity index is 1.39. The molecule has 1 saturated carbocycles. The van der Waals surface area contributed by atoms with E-state index < -0.39 is 18.1 Å². The van der Waals surface area contributed by atoms with Crippen molar-refractivity contribution in [2.75, 3.05) is 6.61 Å². The summed E-state index contributed by atoms with van der Waals surface area (Å²) >= 11 is 0. The fraction of sp³-hybridized carbons (Fsp3) is 0.346. The van der Waals surface area contributed by atoms with Crippen LogP contribution in [0.25, 0.3) is 11.1 Å². The molecule has 1 aromatic heterocycles. The molecule has 1 fully saturated rings. The number of hydrogen-bond acceptors (Lipinski definition) is 4. The molecule has 1 unspecified atom stereocenters. The molecule has 33 heavy (non-hydrogen) atoms. The van der Waals surface area contributed by atoms with E-state index in [1.54, 1.807) is 10.9 Å². The van der Waals surface area contributed by atoms with Crippen LogP contribution in [-0.4, -0.2) is 44.5 Å². The molecule has 0 saturated heterocycles. The zero-order valence-corrected chi connectivity index (χ0v) is 18.7. The molecule has 0 spiro atoms. The molecule has 1 amide bonds. The first-order chi connectivity index (χ1) is 16.0. The van der Waals surface area contributed by atoms with Gasteiger partial charge in [-0.1, -0.05) is 48.5 Å². The van der Waals surface area contributed by atoms with Gasteiger partial charge in [0.05, 0.1) is 6.20 Å². The number of aliphatic carboxylic acids is 1. The maximum absolute atomic E-state index is 13.3. The van der Waals surface area contributed by atoms with Crippen molar-refractivity contribution < 1.29 is 19.4 Å². The zero-order chi connectivity index (χ0) is 23.1. The molecule has 0 aliphatic heterocycles. The molecule has 2 aliphatic carbocycles. The maximum Gasteiger partial charge on any atom is 0.411 e. The van der Waals surface area contributed by atoms with E-state index in [0.717, 1.165) is 35.1 Å². The van der Waals surface area contributed by atoms with Gasteiger partial charge >= 0.3 is 12.1 Å². The minimum absolute atomic E-state index is 0.0747. The fourth-order valence-electron chi connectivity index (χ4n) is 4.69. The Morgan fingerprint density at radius 2 is 1.70 bits per heavy atom. The molecule has 7 nitrogen and oxygen atoms in total. The first-order valence-electron chi connectivity index (χ1n) is 11.4. The summed E-state index contributed by atoms with van der Waals surface area (Å²) < 4.78 is 7.51. The summed E-state index contributed by atoms with van der Waals surface area (Å²) in [4.78, 5) is 26.9. The highest BCUT2D eigenvalue weighted by Gasteiger charge is 2.43. The van der Waals surface area contributed by atoms with Crippen molar-refractivity contribution in [1.82, 2.24) is 14.7 Å². The number of ether oxygens (including phenoxy) is 1. The lowest BCUT2D eigenvalue weighted by atomic mass is 9.98. The number of rotatable bonds is 7. The maximum atomic E-state index is 13.3. The number of carbonyl (C=O) groups is 2. The number of benzene rings is 2. The lowest BCUT2D eigenvalue weighted by Crippen LogP contribution is -2.41. The van der Waals surface area contributed by atoms with Crippen LogP contribution in [0.1, 0.15) is 61.4 Å². The molecular formula is C26H27N3O4. The number of amides is 1. The molecule has 1 N–H and O–H groups in total. The molecule has 170 valence electrons. The molecule has 2 aliphatic rings. The van der Waals surface area contributed by atoms with E-state index in [1.807, 2.05) is 38.1 Å². The van der Waals surface area contributed by atoms with Crippen LogP contribution >= 0.6 is 0 Å². The van der Waals surface area contributed by atoms with Crippen LogP contribution in [0.3, 0.4) is 0 Å². The third kappa shape index (κ3) is 3.88. The van der Waals surface area contributed by atoms with Crippen LogP contribution in [0, 0.1) is 0 Å². The van der Waals surface area contributed by atoms with Crippen molar-refractivity contribution in [3.05, 3.63) is 77.6 Å². The summed E-state index contributed by atoms with van der Waals surface area (Å²) in [6, 6.07) is 15.1. The second-order valence-electron chi connectivity index (χ2n) is 9.03. The Labute approximate surface area is 192 Å². The van der Waals surface area contributed by atoms with Gasteiger partial charge < -0.3 is 9.84 Å². The number of carbonyl (C=O) groups excluding carboxylic acids is 1. The average molecular weight is 446 g/mol. The highest BCUT2D eigenvalue weighted by molar-refractivity contribution is 5.82.